The summed E-state index contributed by atoms with van der Waals surface area (Å²) in [5.41, 5.74) is 2.47. The predicted octanol–water partition coefficient (Wildman–Crippen LogP) is 4.88. The first kappa shape index (κ1) is 25.6. The highest BCUT2D eigenvalue weighted by Crippen LogP contribution is 2.49. The Kier molecular flexibility index (Phi) is 6.76. The fraction of sp³-hybridized carbons (Fsp3) is 0.269. The van der Waals surface area contributed by atoms with Crippen LogP contribution in [-0.4, -0.2) is 26.1 Å². The summed E-state index contributed by atoms with van der Waals surface area (Å²) in [6, 6.07) is 16.7. The van der Waals surface area contributed by atoms with Gasteiger partial charge in [-0.3, -0.25) is 4.79 Å². The van der Waals surface area contributed by atoms with Crippen molar-refractivity contribution in [1.29, 1.82) is 0 Å². The van der Waals surface area contributed by atoms with Gasteiger partial charge in [0, 0.05) is 5.56 Å². The second kappa shape index (κ2) is 9.51. The number of ether oxygens (including phenoxy) is 2. The third-order valence-corrected chi connectivity index (χ3v) is 6.73. The summed E-state index contributed by atoms with van der Waals surface area (Å²) in [5, 5.41) is 14.6. The van der Waals surface area contributed by atoms with E-state index in [2.05, 4.69) is 0 Å². The van der Waals surface area contributed by atoms with E-state index in [0.717, 1.165) is 5.56 Å². The fourth-order valence-corrected chi connectivity index (χ4v) is 4.93. The molecule has 3 aromatic rings. The molecule has 1 atom stereocenters. The molecule has 0 radical (unpaired) electrons. The number of hydrogen-bond acceptors (Lipinski definition) is 5. The number of primary sulfonamides is 1. The first-order valence-corrected chi connectivity index (χ1v) is 12.8. The first-order chi connectivity index (χ1) is 16.8. The van der Waals surface area contributed by atoms with E-state index in [-0.39, 0.29) is 5.75 Å². The fourth-order valence-electron chi connectivity index (χ4n) is 4.28. The summed E-state index contributed by atoms with van der Waals surface area (Å²) in [4.78, 5) is 11.5. The standard InChI is InChI=1S/C26H25F2NO6S/c1-26(2,24(30)31)13-15-6-9-17(10-7-15)23-19-12-16(14-36(29,32)33)8-11-18(19)22-20(34-23)4-3-5-21(22)35-25(27)28/h3-12,23,25H,13-14H2,1-2H3,(H,30,31)(H2,29,32,33). The number of carboxylic acid groups (broad SMARTS) is 1. The summed E-state index contributed by atoms with van der Waals surface area (Å²) < 4.78 is 60.5. The molecule has 0 spiro atoms. The van der Waals surface area contributed by atoms with Gasteiger partial charge in [-0.15, -0.1) is 0 Å². The Bertz CT molecular complexity index is 1400. The Labute approximate surface area is 207 Å². The maximum atomic E-state index is 13.1. The zero-order chi connectivity index (χ0) is 26.3. The molecule has 10 heteroatoms. The van der Waals surface area contributed by atoms with Gasteiger partial charge in [-0.1, -0.05) is 48.5 Å². The van der Waals surface area contributed by atoms with Crippen LogP contribution in [0.15, 0.2) is 60.7 Å². The average molecular weight is 518 g/mol. The lowest BCUT2D eigenvalue weighted by Crippen LogP contribution is -2.26. The van der Waals surface area contributed by atoms with Crippen LogP contribution in [0.5, 0.6) is 11.5 Å². The summed E-state index contributed by atoms with van der Waals surface area (Å²) in [5.74, 6) is -1.04. The van der Waals surface area contributed by atoms with Gasteiger partial charge >= 0.3 is 12.6 Å². The molecule has 190 valence electrons. The summed E-state index contributed by atoms with van der Waals surface area (Å²) >= 11 is 0. The van der Waals surface area contributed by atoms with Crippen molar-refractivity contribution in [2.75, 3.05) is 0 Å². The molecule has 1 aliphatic rings. The Morgan fingerprint density at radius 1 is 1.11 bits per heavy atom. The normalized spacial score (nSPS) is 15.1. The number of carboxylic acids is 1. The molecule has 1 unspecified atom stereocenters. The lowest BCUT2D eigenvalue weighted by atomic mass is 9.84. The highest BCUT2D eigenvalue weighted by atomic mass is 32.2. The molecule has 3 aromatic carbocycles. The third-order valence-electron chi connectivity index (χ3n) is 5.99. The second-order valence-electron chi connectivity index (χ2n) is 9.34. The van der Waals surface area contributed by atoms with Crippen LogP contribution in [0.25, 0.3) is 11.1 Å². The minimum absolute atomic E-state index is 0.0624. The molecule has 1 aliphatic heterocycles. The second-order valence-corrected chi connectivity index (χ2v) is 11.0. The van der Waals surface area contributed by atoms with Gasteiger partial charge in [0.2, 0.25) is 10.0 Å². The molecule has 0 fully saturated rings. The van der Waals surface area contributed by atoms with E-state index in [0.29, 0.717) is 40.0 Å². The lowest BCUT2D eigenvalue weighted by Gasteiger charge is -2.31. The molecule has 1 heterocycles. The van der Waals surface area contributed by atoms with Crippen molar-refractivity contribution >= 4 is 16.0 Å². The van der Waals surface area contributed by atoms with Gasteiger partial charge in [-0.25, -0.2) is 13.6 Å². The zero-order valence-electron chi connectivity index (χ0n) is 19.6. The number of rotatable bonds is 8. The van der Waals surface area contributed by atoms with Crippen LogP contribution in [0.1, 0.15) is 42.2 Å². The van der Waals surface area contributed by atoms with Gasteiger partial charge in [0.05, 0.1) is 16.7 Å². The van der Waals surface area contributed by atoms with Gasteiger partial charge in [0.15, 0.2) is 0 Å². The van der Waals surface area contributed by atoms with Crippen LogP contribution in [0.3, 0.4) is 0 Å². The number of carbonyl (C=O) groups is 1. The van der Waals surface area contributed by atoms with Gasteiger partial charge in [-0.05, 0) is 54.7 Å². The SMILES string of the molecule is CC(C)(Cc1ccc(C2Oc3cccc(OC(F)F)c3-c3ccc(CS(N)(=O)=O)cc32)cc1)C(=O)O. The topological polar surface area (TPSA) is 116 Å². The number of sulfonamides is 1. The summed E-state index contributed by atoms with van der Waals surface area (Å²) in [6.07, 6.45) is -0.364. The molecule has 7 nitrogen and oxygen atoms in total. The minimum atomic E-state index is -3.81. The van der Waals surface area contributed by atoms with E-state index in [9.17, 15) is 27.1 Å². The maximum Gasteiger partial charge on any atom is 0.387 e. The number of alkyl halides is 2. The molecule has 4 rings (SSSR count). The van der Waals surface area contributed by atoms with E-state index < -0.39 is 39.9 Å². The molecule has 0 aromatic heterocycles. The predicted molar refractivity (Wildman–Crippen MR) is 129 cm³/mol. The molecule has 0 saturated heterocycles. The van der Waals surface area contributed by atoms with Gasteiger partial charge in [0.1, 0.15) is 17.6 Å². The van der Waals surface area contributed by atoms with Crippen LogP contribution in [0.2, 0.25) is 0 Å². The number of benzene rings is 3. The van der Waals surface area contributed by atoms with E-state index >= 15 is 0 Å². The first-order valence-electron chi connectivity index (χ1n) is 11.0. The van der Waals surface area contributed by atoms with Crippen molar-refractivity contribution in [3.05, 3.63) is 82.9 Å². The highest BCUT2D eigenvalue weighted by molar-refractivity contribution is 7.88. The van der Waals surface area contributed by atoms with Gasteiger partial charge in [-0.2, -0.15) is 8.78 Å². The van der Waals surface area contributed by atoms with E-state index in [1.807, 2.05) is 12.1 Å². The Morgan fingerprint density at radius 2 is 1.78 bits per heavy atom. The Balaban J connectivity index is 1.79. The highest BCUT2D eigenvalue weighted by Gasteiger charge is 2.32. The lowest BCUT2D eigenvalue weighted by molar-refractivity contribution is -0.146. The van der Waals surface area contributed by atoms with Crippen molar-refractivity contribution in [1.82, 2.24) is 0 Å². The van der Waals surface area contributed by atoms with E-state index in [1.165, 1.54) is 6.07 Å². The average Bonchev–Trinajstić information content (AvgIpc) is 2.77. The molecule has 3 N–H and O–H groups in total. The van der Waals surface area contributed by atoms with Crippen molar-refractivity contribution in [3.63, 3.8) is 0 Å². The smallest absolute Gasteiger partial charge is 0.387 e. The van der Waals surface area contributed by atoms with Crippen molar-refractivity contribution in [2.24, 2.45) is 10.6 Å². The maximum absolute atomic E-state index is 13.1. The number of nitrogens with two attached hydrogens (primary N) is 1. The quantitative estimate of drug-likeness (QED) is 0.440. The van der Waals surface area contributed by atoms with Crippen LogP contribution in [0, 0.1) is 5.41 Å². The van der Waals surface area contributed by atoms with Crippen molar-refractivity contribution in [2.45, 2.75) is 38.7 Å². The molecule has 0 bridgehead atoms. The van der Waals surface area contributed by atoms with E-state index in [1.54, 1.807) is 56.3 Å². The summed E-state index contributed by atoms with van der Waals surface area (Å²) in [6.45, 7) is 0.251. The van der Waals surface area contributed by atoms with Crippen molar-refractivity contribution < 1.29 is 36.6 Å². The third kappa shape index (κ3) is 5.50. The van der Waals surface area contributed by atoms with Gasteiger partial charge in [0.25, 0.3) is 0 Å². The van der Waals surface area contributed by atoms with Crippen LogP contribution < -0.4 is 14.6 Å². The molecular weight excluding hydrogens is 492 g/mol. The molecule has 0 aliphatic carbocycles. The minimum Gasteiger partial charge on any atom is -0.481 e. The van der Waals surface area contributed by atoms with Crippen LogP contribution >= 0.6 is 0 Å². The summed E-state index contributed by atoms with van der Waals surface area (Å²) in [7, 11) is -3.81. The molecule has 36 heavy (non-hydrogen) atoms. The zero-order valence-corrected chi connectivity index (χ0v) is 20.4. The van der Waals surface area contributed by atoms with Crippen LogP contribution in [-0.2, 0) is 27.0 Å². The van der Waals surface area contributed by atoms with Crippen molar-refractivity contribution in [3.8, 4) is 22.6 Å². The molecule has 0 amide bonds. The number of hydrogen-bond donors (Lipinski definition) is 2. The number of halogens is 2. The van der Waals surface area contributed by atoms with Crippen LogP contribution in [0.4, 0.5) is 8.78 Å². The number of fused-ring (bicyclic) bond motifs is 3. The Morgan fingerprint density at radius 3 is 2.39 bits per heavy atom. The van der Waals surface area contributed by atoms with Gasteiger partial charge < -0.3 is 14.6 Å². The Hall–Kier alpha value is -3.50. The number of aliphatic carboxylic acids is 1. The molecular formula is C26H25F2NO6S. The monoisotopic (exact) mass is 517 g/mol. The molecule has 0 saturated carbocycles. The van der Waals surface area contributed by atoms with E-state index in [4.69, 9.17) is 14.6 Å². The largest absolute Gasteiger partial charge is 0.481 e.